The summed E-state index contributed by atoms with van der Waals surface area (Å²) in [5.41, 5.74) is 4.22. The van der Waals surface area contributed by atoms with Gasteiger partial charge >= 0.3 is 0 Å². The van der Waals surface area contributed by atoms with Crippen LogP contribution in [-0.4, -0.2) is 31.4 Å². The monoisotopic (exact) mass is 421 g/mol. The highest BCUT2D eigenvalue weighted by Crippen LogP contribution is 2.35. The van der Waals surface area contributed by atoms with Gasteiger partial charge in [0.15, 0.2) is 11.0 Å². The van der Waals surface area contributed by atoms with Crippen molar-refractivity contribution in [2.45, 2.75) is 57.1 Å². The molecule has 1 N–H and O–H groups in total. The van der Waals surface area contributed by atoms with E-state index in [1.807, 2.05) is 37.3 Å². The molecule has 2 aromatic heterocycles. The smallest absolute Gasteiger partial charge is 0.234 e. The molecule has 0 atom stereocenters. The molecule has 1 aliphatic rings. The van der Waals surface area contributed by atoms with Crippen LogP contribution in [0.25, 0.3) is 11.4 Å². The highest BCUT2D eigenvalue weighted by Gasteiger charge is 2.24. The number of anilines is 1. The van der Waals surface area contributed by atoms with Crippen molar-refractivity contribution in [1.29, 1.82) is 0 Å². The number of hydrogen-bond donors (Lipinski definition) is 1. The van der Waals surface area contributed by atoms with Crippen molar-refractivity contribution >= 4 is 23.4 Å². The molecular weight excluding hydrogens is 394 g/mol. The Balaban J connectivity index is 1.51. The zero-order valence-electron chi connectivity index (χ0n) is 17.5. The summed E-state index contributed by atoms with van der Waals surface area (Å²) in [6.45, 7) is 4.11. The molecule has 1 amide bonds. The van der Waals surface area contributed by atoms with Crippen molar-refractivity contribution in [2.75, 3.05) is 11.1 Å². The lowest BCUT2D eigenvalue weighted by Crippen LogP contribution is -2.17. The molecule has 1 saturated carbocycles. The summed E-state index contributed by atoms with van der Waals surface area (Å²) in [6, 6.07) is 10.3. The van der Waals surface area contributed by atoms with Crippen LogP contribution in [0.4, 0.5) is 5.69 Å². The minimum atomic E-state index is -0.0353. The quantitative estimate of drug-likeness (QED) is 0.554. The van der Waals surface area contributed by atoms with E-state index in [4.69, 9.17) is 0 Å². The Kier molecular flexibility index (Phi) is 6.47. The molecule has 1 aliphatic carbocycles. The van der Waals surface area contributed by atoms with Gasteiger partial charge in [-0.25, -0.2) is 0 Å². The van der Waals surface area contributed by atoms with Crippen LogP contribution >= 0.6 is 11.8 Å². The summed E-state index contributed by atoms with van der Waals surface area (Å²) < 4.78 is 2.24. The van der Waals surface area contributed by atoms with Crippen LogP contribution in [0.3, 0.4) is 0 Å². The lowest BCUT2D eigenvalue weighted by molar-refractivity contribution is -0.113. The molecule has 0 saturated heterocycles. The number of aryl methyl sites for hydroxylation is 2. The van der Waals surface area contributed by atoms with Crippen molar-refractivity contribution in [2.24, 2.45) is 0 Å². The molecule has 6 nitrogen and oxygen atoms in total. The lowest BCUT2D eigenvalue weighted by Gasteiger charge is -2.25. The molecule has 3 aromatic rings. The van der Waals surface area contributed by atoms with Gasteiger partial charge in [0, 0.05) is 29.7 Å². The van der Waals surface area contributed by atoms with Crippen LogP contribution in [-0.2, 0) is 4.79 Å². The minimum absolute atomic E-state index is 0.0353. The predicted molar refractivity (Wildman–Crippen MR) is 121 cm³/mol. The Morgan fingerprint density at radius 1 is 1.07 bits per heavy atom. The summed E-state index contributed by atoms with van der Waals surface area (Å²) in [4.78, 5) is 16.7. The van der Waals surface area contributed by atoms with Crippen LogP contribution in [0.5, 0.6) is 0 Å². The van der Waals surface area contributed by atoms with Crippen LogP contribution < -0.4 is 5.32 Å². The number of carbonyl (C=O) groups excluding carboxylic acids is 1. The number of aromatic nitrogens is 4. The maximum Gasteiger partial charge on any atom is 0.234 e. The Morgan fingerprint density at radius 3 is 2.57 bits per heavy atom. The second-order valence-corrected chi connectivity index (χ2v) is 8.78. The van der Waals surface area contributed by atoms with Crippen LogP contribution in [0.2, 0.25) is 0 Å². The third-order valence-electron chi connectivity index (χ3n) is 5.67. The molecule has 1 fully saturated rings. The molecule has 0 bridgehead atoms. The maximum absolute atomic E-state index is 12.5. The Labute approximate surface area is 181 Å². The average Bonchev–Trinajstić information content (AvgIpc) is 3.20. The second-order valence-electron chi connectivity index (χ2n) is 7.84. The Bertz CT molecular complexity index is 1010. The van der Waals surface area contributed by atoms with Crippen molar-refractivity contribution < 1.29 is 4.79 Å². The zero-order chi connectivity index (χ0) is 20.9. The number of carbonyl (C=O) groups is 1. The highest BCUT2D eigenvalue weighted by molar-refractivity contribution is 7.99. The number of pyridine rings is 1. The third kappa shape index (κ3) is 4.73. The van der Waals surface area contributed by atoms with Gasteiger partial charge in [-0.15, -0.1) is 10.2 Å². The summed E-state index contributed by atoms with van der Waals surface area (Å²) in [5, 5.41) is 12.7. The molecule has 0 aliphatic heterocycles. The van der Waals surface area contributed by atoms with E-state index in [0.29, 0.717) is 11.8 Å². The molecule has 7 heteroatoms. The SMILES string of the molecule is Cc1ccc(NC(=O)CSc2nnc(-c3ccncc3)n2C2CCCCC2)cc1C. The third-order valence-corrected chi connectivity index (χ3v) is 6.61. The van der Waals surface area contributed by atoms with Gasteiger partial charge in [0.2, 0.25) is 5.91 Å². The van der Waals surface area contributed by atoms with Crippen LogP contribution in [0.1, 0.15) is 49.3 Å². The van der Waals surface area contributed by atoms with Gasteiger partial charge in [0.05, 0.1) is 5.75 Å². The van der Waals surface area contributed by atoms with E-state index in [-0.39, 0.29) is 5.91 Å². The highest BCUT2D eigenvalue weighted by atomic mass is 32.2. The van der Waals surface area contributed by atoms with E-state index in [0.717, 1.165) is 35.1 Å². The van der Waals surface area contributed by atoms with Crippen LogP contribution in [0.15, 0.2) is 47.9 Å². The standard InChI is InChI=1S/C23H27N5OS/c1-16-8-9-19(14-17(16)2)25-21(29)15-30-23-27-26-22(18-10-12-24-13-11-18)28(23)20-6-4-3-5-7-20/h8-14,20H,3-7,15H2,1-2H3,(H,25,29). The molecule has 30 heavy (non-hydrogen) atoms. The molecule has 1 aromatic carbocycles. The van der Waals surface area contributed by atoms with E-state index in [2.05, 4.69) is 32.0 Å². The first kappa shape index (κ1) is 20.6. The van der Waals surface area contributed by atoms with Gasteiger partial charge in [-0.3, -0.25) is 14.3 Å². The maximum atomic E-state index is 12.5. The molecule has 0 spiro atoms. The summed E-state index contributed by atoms with van der Waals surface area (Å²) in [5.74, 6) is 1.13. The number of nitrogens with one attached hydrogen (secondary N) is 1. The Morgan fingerprint density at radius 2 is 1.83 bits per heavy atom. The van der Waals surface area contributed by atoms with E-state index in [1.54, 1.807) is 12.4 Å². The van der Waals surface area contributed by atoms with Gasteiger partial charge < -0.3 is 5.32 Å². The van der Waals surface area contributed by atoms with Gasteiger partial charge in [-0.05, 0) is 62.1 Å². The fourth-order valence-electron chi connectivity index (χ4n) is 3.89. The second kappa shape index (κ2) is 9.43. The summed E-state index contributed by atoms with van der Waals surface area (Å²) in [6.07, 6.45) is 9.52. The van der Waals surface area contributed by atoms with Crippen molar-refractivity contribution in [3.8, 4) is 11.4 Å². The van der Waals surface area contributed by atoms with E-state index < -0.39 is 0 Å². The Hall–Kier alpha value is -2.67. The van der Waals surface area contributed by atoms with Crippen molar-refractivity contribution in [3.05, 3.63) is 53.9 Å². The summed E-state index contributed by atoms with van der Waals surface area (Å²) in [7, 11) is 0. The van der Waals surface area contributed by atoms with Crippen LogP contribution in [0, 0.1) is 13.8 Å². The topological polar surface area (TPSA) is 72.7 Å². The first-order valence-corrected chi connectivity index (χ1v) is 11.5. The fourth-order valence-corrected chi connectivity index (χ4v) is 4.69. The van der Waals surface area contributed by atoms with Gasteiger partial charge in [0.25, 0.3) is 0 Å². The molecule has 2 heterocycles. The van der Waals surface area contributed by atoms with E-state index in [9.17, 15) is 4.79 Å². The van der Waals surface area contributed by atoms with Gasteiger partial charge in [0.1, 0.15) is 0 Å². The number of hydrogen-bond acceptors (Lipinski definition) is 5. The van der Waals surface area contributed by atoms with Crippen molar-refractivity contribution in [1.82, 2.24) is 19.7 Å². The predicted octanol–water partition coefficient (Wildman–Crippen LogP) is 5.19. The van der Waals surface area contributed by atoms with E-state index in [1.165, 1.54) is 42.2 Å². The van der Waals surface area contributed by atoms with E-state index >= 15 is 0 Å². The number of amides is 1. The minimum Gasteiger partial charge on any atom is -0.325 e. The molecule has 156 valence electrons. The fraction of sp³-hybridized carbons (Fsp3) is 0.391. The van der Waals surface area contributed by atoms with Gasteiger partial charge in [-0.2, -0.15) is 0 Å². The lowest BCUT2D eigenvalue weighted by atomic mass is 9.95. The summed E-state index contributed by atoms with van der Waals surface area (Å²) >= 11 is 1.45. The number of nitrogens with zero attached hydrogens (tertiary/aromatic N) is 4. The van der Waals surface area contributed by atoms with Crippen molar-refractivity contribution in [3.63, 3.8) is 0 Å². The molecular formula is C23H27N5OS. The number of benzene rings is 1. The normalized spacial score (nSPS) is 14.6. The number of thioether (sulfide) groups is 1. The molecule has 0 radical (unpaired) electrons. The largest absolute Gasteiger partial charge is 0.325 e. The van der Waals surface area contributed by atoms with Gasteiger partial charge in [-0.1, -0.05) is 37.1 Å². The zero-order valence-corrected chi connectivity index (χ0v) is 18.3. The number of rotatable bonds is 6. The average molecular weight is 422 g/mol. The molecule has 4 rings (SSSR count). The first-order chi connectivity index (χ1) is 14.6. The molecule has 0 unspecified atom stereocenters. The first-order valence-electron chi connectivity index (χ1n) is 10.5.